The van der Waals surface area contributed by atoms with Crippen LogP contribution in [0.1, 0.15) is 33.1 Å². The summed E-state index contributed by atoms with van der Waals surface area (Å²) in [7, 11) is 0. The fraction of sp³-hybridized carbons (Fsp3) is 0.727. The molecule has 3 heteroatoms. The summed E-state index contributed by atoms with van der Waals surface area (Å²) in [5, 5.41) is 2.77. The van der Waals surface area contributed by atoms with Gasteiger partial charge in [0.2, 0.25) is 5.91 Å². The van der Waals surface area contributed by atoms with Crippen LogP contribution in [0.4, 0.5) is 0 Å². The van der Waals surface area contributed by atoms with Crippen molar-refractivity contribution in [2.75, 3.05) is 6.54 Å². The van der Waals surface area contributed by atoms with Gasteiger partial charge in [-0.1, -0.05) is 20.3 Å². The van der Waals surface area contributed by atoms with Crippen molar-refractivity contribution in [3.63, 3.8) is 0 Å². The third-order valence-corrected chi connectivity index (χ3v) is 2.36. The van der Waals surface area contributed by atoms with Crippen molar-refractivity contribution in [2.24, 2.45) is 11.7 Å². The molecule has 2 atom stereocenters. The van der Waals surface area contributed by atoms with Crippen molar-refractivity contribution in [1.29, 1.82) is 0 Å². The lowest BCUT2D eigenvalue weighted by molar-refractivity contribution is -0.123. The number of carbonyl (C=O) groups excluding carboxylic acids is 1. The zero-order valence-electron chi connectivity index (χ0n) is 9.05. The summed E-state index contributed by atoms with van der Waals surface area (Å²) in [6.07, 6.45) is 7.51. The molecule has 0 aromatic carbocycles. The molecular weight excluding hydrogens is 176 g/mol. The summed E-state index contributed by atoms with van der Waals surface area (Å²) >= 11 is 0. The second kappa shape index (κ2) is 7.40. The lowest BCUT2D eigenvalue weighted by atomic mass is 9.99. The molecule has 0 unspecified atom stereocenters. The van der Waals surface area contributed by atoms with Crippen LogP contribution in [0.3, 0.4) is 0 Å². The fourth-order valence-electron chi connectivity index (χ4n) is 1.03. The highest BCUT2D eigenvalue weighted by atomic mass is 16.2. The Balaban J connectivity index is 3.68. The molecule has 0 spiro atoms. The number of rotatable bonds is 6. The molecule has 0 aliphatic carbocycles. The standard InChI is InChI=1S/C11H20N2O/c1-4-6-7-8-13-11(14)10(12)9(3)5-2/h1,9-10H,5-8,12H2,2-3H3,(H,13,14)/t9-,10-/m0/s1. The maximum atomic E-state index is 11.4. The van der Waals surface area contributed by atoms with Crippen LogP contribution in [-0.2, 0) is 4.79 Å². The maximum absolute atomic E-state index is 11.4. The van der Waals surface area contributed by atoms with Gasteiger partial charge in [-0.05, 0) is 12.3 Å². The van der Waals surface area contributed by atoms with Crippen LogP contribution >= 0.6 is 0 Å². The third kappa shape index (κ3) is 4.88. The Morgan fingerprint density at radius 2 is 2.29 bits per heavy atom. The number of hydrogen-bond acceptors (Lipinski definition) is 2. The Bertz CT molecular complexity index is 208. The molecule has 0 aliphatic rings. The molecule has 0 fully saturated rings. The molecular formula is C11H20N2O. The van der Waals surface area contributed by atoms with Gasteiger partial charge in [-0.25, -0.2) is 0 Å². The van der Waals surface area contributed by atoms with Crippen LogP contribution in [0.15, 0.2) is 0 Å². The molecule has 0 saturated carbocycles. The van der Waals surface area contributed by atoms with E-state index in [0.29, 0.717) is 13.0 Å². The van der Waals surface area contributed by atoms with E-state index in [4.69, 9.17) is 12.2 Å². The second-order valence-corrected chi connectivity index (χ2v) is 3.51. The number of hydrogen-bond donors (Lipinski definition) is 2. The summed E-state index contributed by atoms with van der Waals surface area (Å²) in [5.41, 5.74) is 5.73. The summed E-state index contributed by atoms with van der Waals surface area (Å²) in [6.45, 7) is 4.62. The molecule has 0 aromatic heterocycles. The van der Waals surface area contributed by atoms with E-state index in [2.05, 4.69) is 11.2 Å². The van der Waals surface area contributed by atoms with E-state index in [1.165, 1.54) is 0 Å². The molecule has 80 valence electrons. The van der Waals surface area contributed by atoms with Crippen LogP contribution < -0.4 is 11.1 Å². The first-order chi connectivity index (χ1) is 6.63. The smallest absolute Gasteiger partial charge is 0.237 e. The van der Waals surface area contributed by atoms with Crippen LogP contribution in [0.2, 0.25) is 0 Å². The van der Waals surface area contributed by atoms with Crippen molar-refractivity contribution in [2.45, 2.75) is 39.2 Å². The monoisotopic (exact) mass is 196 g/mol. The molecule has 0 heterocycles. The van der Waals surface area contributed by atoms with Crippen molar-refractivity contribution in [1.82, 2.24) is 5.32 Å². The number of unbranched alkanes of at least 4 members (excludes halogenated alkanes) is 1. The van der Waals surface area contributed by atoms with Gasteiger partial charge in [0.05, 0.1) is 6.04 Å². The largest absolute Gasteiger partial charge is 0.355 e. The zero-order valence-corrected chi connectivity index (χ0v) is 9.05. The van der Waals surface area contributed by atoms with Crippen molar-refractivity contribution in [3.05, 3.63) is 0 Å². The van der Waals surface area contributed by atoms with Gasteiger partial charge in [0.25, 0.3) is 0 Å². The van der Waals surface area contributed by atoms with Crippen molar-refractivity contribution >= 4 is 5.91 Å². The summed E-state index contributed by atoms with van der Waals surface area (Å²) in [4.78, 5) is 11.4. The Morgan fingerprint density at radius 1 is 1.64 bits per heavy atom. The lowest BCUT2D eigenvalue weighted by Gasteiger charge is -2.17. The second-order valence-electron chi connectivity index (χ2n) is 3.51. The van der Waals surface area contributed by atoms with Crippen LogP contribution in [-0.4, -0.2) is 18.5 Å². The van der Waals surface area contributed by atoms with E-state index in [1.807, 2.05) is 13.8 Å². The first-order valence-electron chi connectivity index (χ1n) is 5.10. The van der Waals surface area contributed by atoms with Crippen molar-refractivity contribution in [3.8, 4) is 12.3 Å². The molecule has 0 saturated heterocycles. The van der Waals surface area contributed by atoms with Gasteiger partial charge in [-0.3, -0.25) is 4.79 Å². The molecule has 1 amide bonds. The molecule has 0 aliphatic heterocycles. The Kier molecular flexibility index (Phi) is 6.87. The van der Waals surface area contributed by atoms with Gasteiger partial charge in [0, 0.05) is 13.0 Å². The number of nitrogens with two attached hydrogens (primary N) is 1. The van der Waals surface area contributed by atoms with Gasteiger partial charge < -0.3 is 11.1 Å². The summed E-state index contributed by atoms with van der Waals surface area (Å²) in [5.74, 6) is 2.67. The quantitative estimate of drug-likeness (QED) is 0.489. The average Bonchev–Trinajstić information content (AvgIpc) is 2.21. The van der Waals surface area contributed by atoms with Crippen LogP contribution in [0.5, 0.6) is 0 Å². The molecule has 0 rings (SSSR count). The van der Waals surface area contributed by atoms with E-state index in [-0.39, 0.29) is 11.8 Å². The first-order valence-corrected chi connectivity index (χ1v) is 5.10. The number of nitrogens with one attached hydrogen (secondary N) is 1. The number of terminal acetylenes is 1. The minimum Gasteiger partial charge on any atom is -0.355 e. The molecule has 3 N–H and O–H groups in total. The lowest BCUT2D eigenvalue weighted by Crippen LogP contribution is -2.44. The fourth-order valence-corrected chi connectivity index (χ4v) is 1.03. The maximum Gasteiger partial charge on any atom is 0.237 e. The summed E-state index contributed by atoms with van der Waals surface area (Å²) in [6, 6.07) is -0.397. The van der Waals surface area contributed by atoms with Gasteiger partial charge in [-0.15, -0.1) is 12.3 Å². The molecule has 3 nitrogen and oxygen atoms in total. The molecule has 0 aromatic rings. The van der Waals surface area contributed by atoms with Gasteiger partial charge in [0.15, 0.2) is 0 Å². The first kappa shape index (κ1) is 13.0. The number of carbonyl (C=O) groups is 1. The van der Waals surface area contributed by atoms with Gasteiger partial charge >= 0.3 is 0 Å². The van der Waals surface area contributed by atoms with Crippen LogP contribution in [0, 0.1) is 18.3 Å². The molecule has 14 heavy (non-hydrogen) atoms. The summed E-state index contributed by atoms with van der Waals surface area (Å²) < 4.78 is 0. The Hall–Kier alpha value is -1.01. The van der Waals surface area contributed by atoms with E-state index in [1.54, 1.807) is 0 Å². The van der Waals surface area contributed by atoms with Gasteiger partial charge in [-0.2, -0.15) is 0 Å². The SMILES string of the molecule is C#CCCCNC(=O)[C@@H](N)[C@@H](C)CC. The highest BCUT2D eigenvalue weighted by Crippen LogP contribution is 2.04. The minimum atomic E-state index is -0.397. The van der Waals surface area contributed by atoms with E-state index in [0.717, 1.165) is 12.8 Å². The van der Waals surface area contributed by atoms with Crippen LogP contribution in [0.25, 0.3) is 0 Å². The highest BCUT2D eigenvalue weighted by molar-refractivity contribution is 5.81. The molecule has 0 bridgehead atoms. The Labute approximate surface area is 86.4 Å². The van der Waals surface area contributed by atoms with Crippen molar-refractivity contribution < 1.29 is 4.79 Å². The average molecular weight is 196 g/mol. The van der Waals surface area contributed by atoms with E-state index >= 15 is 0 Å². The molecule has 0 radical (unpaired) electrons. The van der Waals surface area contributed by atoms with Gasteiger partial charge in [0.1, 0.15) is 0 Å². The predicted molar refractivity (Wildman–Crippen MR) is 58.5 cm³/mol. The number of amides is 1. The van der Waals surface area contributed by atoms with E-state index < -0.39 is 6.04 Å². The minimum absolute atomic E-state index is 0.0728. The third-order valence-electron chi connectivity index (χ3n) is 2.36. The Morgan fingerprint density at radius 3 is 2.79 bits per heavy atom. The van der Waals surface area contributed by atoms with E-state index in [9.17, 15) is 4.79 Å². The topological polar surface area (TPSA) is 55.1 Å². The predicted octanol–water partition coefficient (Wildman–Crippen LogP) is 0.889. The zero-order chi connectivity index (χ0) is 11.0. The normalized spacial score (nSPS) is 14.1. The highest BCUT2D eigenvalue weighted by Gasteiger charge is 2.18.